The lowest BCUT2D eigenvalue weighted by Gasteiger charge is -2.60. The zero-order chi connectivity index (χ0) is 22.7. The molecule has 2 spiro atoms. The van der Waals surface area contributed by atoms with Gasteiger partial charge >= 0.3 is 0 Å². The molecule has 6 aliphatic carbocycles. The lowest BCUT2D eigenvalue weighted by molar-refractivity contribution is 0.479. The Morgan fingerprint density at radius 2 is 0.676 bits per heavy atom. The molecule has 1 heterocycles. The molecule has 160 valence electrons. The number of hydrogen-bond acceptors (Lipinski definition) is 2. The van der Waals surface area contributed by atoms with Crippen molar-refractivity contribution in [3.8, 4) is 0 Å². The van der Waals surface area contributed by atoms with Gasteiger partial charge in [0.05, 0.1) is 22.3 Å². The number of nitrogens with zero attached hydrogens (tertiary/aromatic N) is 2. The van der Waals surface area contributed by atoms with E-state index in [1.807, 2.05) is 0 Å². The van der Waals surface area contributed by atoms with Crippen LogP contribution in [0.5, 0.6) is 0 Å². The van der Waals surface area contributed by atoms with Crippen molar-refractivity contribution in [2.75, 3.05) is 0 Å². The second-order valence-electron chi connectivity index (χ2n) is 9.80. The van der Waals surface area contributed by atoms with Crippen molar-refractivity contribution in [2.24, 2.45) is 10.2 Å². The Labute approximate surface area is 199 Å². The van der Waals surface area contributed by atoms with E-state index in [1.54, 1.807) is 0 Å². The van der Waals surface area contributed by atoms with E-state index in [9.17, 15) is 0 Å². The maximum Gasteiger partial charge on any atom is 0.0803 e. The molecule has 0 radical (unpaired) electrons. The standard InChI is InChI=1S/C32H22N2/c1-19-31-25-15-7-3-11-21(25)29(22-12-4-8-16-26(22)31)30-23-13-5-9-17-27(23)32(31,20(2)34-33-19)28-18-10-6-14-24(28)30/h3-18H,1-2H3. The first-order valence-electron chi connectivity index (χ1n) is 12.0. The van der Waals surface area contributed by atoms with Gasteiger partial charge in [-0.3, -0.25) is 0 Å². The smallest absolute Gasteiger partial charge is 0.0803 e. The zero-order valence-electron chi connectivity index (χ0n) is 19.1. The molecule has 0 amide bonds. The minimum absolute atomic E-state index is 0.492. The summed E-state index contributed by atoms with van der Waals surface area (Å²) in [5, 5.41) is 9.76. The Bertz CT molecular complexity index is 1460. The molecule has 1 aliphatic heterocycles. The molecule has 11 rings (SSSR count). The van der Waals surface area contributed by atoms with Gasteiger partial charge in [0, 0.05) is 0 Å². The maximum atomic E-state index is 4.88. The molecule has 4 aromatic rings. The molecule has 0 atom stereocenters. The summed E-state index contributed by atoms with van der Waals surface area (Å²) in [4.78, 5) is 0. The number of rotatable bonds is 0. The summed E-state index contributed by atoms with van der Waals surface area (Å²) in [5.41, 5.74) is 14.4. The molecule has 0 saturated carbocycles. The molecule has 2 nitrogen and oxygen atoms in total. The van der Waals surface area contributed by atoms with Crippen LogP contribution in [0.3, 0.4) is 0 Å². The van der Waals surface area contributed by atoms with Gasteiger partial charge in [0.1, 0.15) is 0 Å². The minimum Gasteiger partial charge on any atom is -0.159 e. The molecular weight excluding hydrogens is 412 g/mol. The van der Waals surface area contributed by atoms with Gasteiger partial charge in [-0.1, -0.05) is 97.1 Å². The third-order valence-corrected chi connectivity index (χ3v) is 8.65. The molecule has 0 fully saturated rings. The topological polar surface area (TPSA) is 24.7 Å². The van der Waals surface area contributed by atoms with Crippen LogP contribution in [0.2, 0.25) is 0 Å². The summed E-state index contributed by atoms with van der Waals surface area (Å²) >= 11 is 0. The van der Waals surface area contributed by atoms with E-state index in [0.29, 0.717) is 0 Å². The Kier molecular flexibility index (Phi) is 3.19. The van der Waals surface area contributed by atoms with Gasteiger partial charge in [-0.05, 0) is 69.5 Å². The lowest BCUT2D eigenvalue weighted by atomic mass is 9.41. The SMILES string of the molecule is CC1=NN=C(C)C23c4ccccc4C(=C4c5ccccc5C12c1ccccc14)c1ccccc13. The highest BCUT2D eigenvalue weighted by molar-refractivity contribution is 6.22. The van der Waals surface area contributed by atoms with E-state index in [-0.39, 0.29) is 0 Å². The van der Waals surface area contributed by atoms with Crippen molar-refractivity contribution in [1.82, 2.24) is 0 Å². The predicted octanol–water partition coefficient (Wildman–Crippen LogP) is 6.76. The van der Waals surface area contributed by atoms with E-state index < -0.39 is 10.8 Å². The fourth-order valence-electron chi connectivity index (χ4n) is 7.66. The van der Waals surface area contributed by atoms with Crippen LogP contribution >= 0.6 is 0 Å². The van der Waals surface area contributed by atoms with Crippen LogP contribution in [0.4, 0.5) is 0 Å². The first kappa shape index (κ1) is 18.4. The van der Waals surface area contributed by atoms with Crippen LogP contribution in [0.15, 0.2) is 107 Å². The number of benzene rings is 4. The summed E-state index contributed by atoms with van der Waals surface area (Å²) in [6.45, 7) is 4.37. The first-order valence-corrected chi connectivity index (χ1v) is 12.0. The van der Waals surface area contributed by atoms with Gasteiger partial charge in [-0.25, -0.2) is 0 Å². The lowest BCUT2D eigenvalue weighted by Crippen LogP contribution is -2.63. The molecular formula is C32H22N2. The highest BCUT2D eigenvalue weighted by Crippen LogP contribution is 2.67. The Balaban J connectivity index is 1.81. The molecule has 4 bridgehead atoms. The molecule has 4 aromatic carbocycles. The minimum atomic E-state index is -0.492. The van der Waals surface area contributed by atoms with Crippen LogP contribution in [0.25, 0.3) is 11.1 Å². The third-order valence-electron chi connectivity index (χ3n) is 8.65. The van der Waals surface area contributed by atoms with Crippen molar-refractivity contribution in [3.63, 3.8) is 0 Å². The van der Waals surface area contributed by atoms with Gasteiger partial charge in [-0.15, -0.1) is 0 Å². The van der Waals surface area contributed by atoms with Crippen molar-refractivity contribution < 1.29 is 0 Å². The molecule has 34 heavy (non-hydrogen) atoms. The fraction of sp³-hybridized carbons (Fsp3) is 0.125. The Hall–Kier alpha value is -4.04. The average molecular weight is 435 g/mol. The van der Waals surface area contributed by atoms with Gasteiger partial charge in [0.2, 0.25) is 0 Å². The van der Waals surface area contributed by atoms with Gasteiger partial charge in [0.15, 0.2) is 0 Å². The molecule has 7 aliphatic rings. The largest absolute Gasteiger partial charge is 0.159 e. The van der Waals surface area contributed by atoms with E-state index in [0.717, 1.165) is 11.4 Å². The summed E-state index contributed by atoms with van der Waals surface area (Å²) in [6.07, 6.45) is 0. The normalized spacial score (nSPS) is 24.6. The highest BCUT2D eigenvalue weighted by atomic mass is 15.2. The summed E-state index contributed by atoms with van der Waals surface area (Å²) in [5.74, 6) is 0. The molecule has 2 heteroatoms. The predicted molar refractivity (Wildman–Crippen MR) is 139 cm³/mol. The van der Waals surface area contributed by atoms with Crippen molar-refractivity contribution in [1.29, 1.82) is 0 Å². The zero-order valence-corrected chi connectivity index (χ0v) is 19.1. The van der Waals surface area contributed by atoms with Crippen molar-refractivity contribution >= 4 is 22.6 Å². The van der Waals surface area contributed by atoms with E-state index in [4.69, 9.17) is 10.2 Å². The van der Waals surface area contributed by atoms with Crippen LogP contribution < -0.4 is 0 Å². The van der Waals surface area contributed by atoms with Crippen molar-refractivity contribution in [2.45, 2.75) is 24.7 Å². The van der Waals surface area contributed by atoms with E-state index in [2.05, 4.69) is 111 Å². The average Bonchev–Trinajstić information content (AvgIpc) is 2.87. The van der Waals surface area contributed by atoms with Gasteiger partial charge in [0.25, 0.3) is 0 Å². The first-order chi connectivity index (χ1) is 16.7. The van der Waals surface area contributed by atoms with Crippen LogP contribution in [0.1, 0.15) is 58.4 Å². The maximum absolute atomic E-state index is 4.88. The van der Waals surface area contributed by atoms with Gasteiger partial charge < -0.3 is 0 Å². The molecule has 0 saturated heterocycles. The van der Waals surface area contributed by atoms with Crippen LogP contribution in [-0.2, 0) is 10.8 Å². The summed E-state index contributed by atoms with van der Waals surface area (Å²) < 4.78 is 0. The monoisotopic (exact) mass is 434 g/mol. The second-order valence-corrected chi connectivity index (χ2v) is 9.80. The Morgan fingerprint density at radius 3 is 0.971 bits per heavy atom. The Morgan fingerprint density at radius 1 is 0.412 bits per heavy atom. The van der Waals surface area contributed by atoms with E-state index in [1.165, 1.54) is 55.7 Å². The number of hydrogen-bond donors (Lipinski definition) is 0. The van der Waals surface area contributed by atoms with Gasteiger partial charge in [-0.2, -0.15) is 10.2 Å². The third kappa shape index (κ3) is 1.68. The molecule has 0 N–H and O–H groups in total. The quantitative estimate of drug-likeness (QED) is 0.292. The second kappa shape index (κ2) is 5.90. The molecule has 0 unspecified atom stereocenters. The van der Waals surface area contributed by atoms with E-state index >= 15 is 0 Å². The van der Waals surface area contributed by atoms with Crippen molar-refractivity contribution in [3.05, 3.63) is 142 Å². The summed E-state index contributed by atoms with van der Waals surface area (Å²) in [7, 11) is 0. The van der Waals surface area contributed by atoms with Crippen LogP contribution in [-0.4, -0.2) is 11.4 Å². The fourth-order valence-corrected chi connectivity index (χ4v) is 7.66. The van der Waals surface area contributed by atoms with Crippen LogP contribution in [0, 0.1) is 0 Å². The molecule has 0 aromatic heterocycles. The highest BCUT2D eigenvalue weighted by Gasteiger charge is 2.67. The summed E-state index contributed by atoms with van der Waals surface area (Å²) in [6, 6.07) is 36.0.